The van der Waals surface area contributed by atoms with E-state index in [9.17, 15) is 27.6 Å². The minimum Gasteiger partial charge on any atom is -0.468 e. The van der Waals surface area contributed by atoms with Gasteiger partial charge >= 0.3 is 24.1 Å². The van der Waals surface area contributed by atoms with E-state index in [-0.39, 0.29) is 17.3 Å². The molecule has 0 saturated carbocycles. The fraction of sp³-hybridized carbons (Fsp3) is 0.500. The summed E-state index contributed by atoms with van der Waals surface area (Å²) < 4.78 is 49.4. The van der Waals surface area contributed by atoms with E-state index in [0.717, 1.165) is 20.3 Å². The molecule has 0 aliphatic heterocycles. The summed E-state index contributed by atoms with van der Waals surface area (Å²) in [6.07, 6.45) is -3.13. The quantitative estimate of drug-likeness (QED) is 0.262. The van der Waals surface area contributed by atoms with Gasteiger partial charge in [-0.25, -0.2) is 4.79 Å². The number of hydrogen-bond donors (Lipinski definition) is 0. The third-order valence-electron chi connectivity index (χ3n) is 2.87. The van der Waals surface area contributed by atoms with Crippen molar-refractivity contribution in [2.24, 2.45) is 5.41 Å². The Bertz CT molecular complexity index is 511. The molecule has 6 nitrogen and oxygen atoms in total. The van der Waals surface area contributed by atoms with Crippen LogP contribution in [0.4, 0.5) is 13.2 Å². The van der Waals surface area contributed by atoms with Crippen LogP contribution in [0, 0.1) is 5.41 Å². The predicted molar refractivity (Wildman–Crippen MR) is 79.9 cm³/mol. The molecule has 0 fully saturated rings. The maximum absolute atomic E-state index is 12.0. The van der Waals surface area contributed by atoms with Gasteiger partial charge in [-0.05, 0) is 17.0 Å². The van der Waals surface area contributed by atoms with E-state index in [1.165, 1.54) is 6.08 Å². The van der Waals surface area contributed by atoms with E-state index in [2.05, 4.69) is 36.7 Å². The maximum atomic E-state index is 12.0. The summed E-state index contributed by atoms with van der Waals surface area (Å²) in [5.41, 5.74) is -1.76. The predicted octanol–water partition coefficient (Wildman–Crippen LogP) is 2.67. The van der Waals surface area contributed by atoms with Gasteiger partial charge in [0.15, 0.2) is 5.41 Å². The van der Waals surface area contributed by atoms with Crippen molar-refractivity contribution in [3.05, 3.63) is 23.2 Å². The number of esters is 3. The van der Waals surface area contributed by atoms with Gasteiger partial charge in [-0.1, -0.05) is 22.0 Å². The summed E-state index contributed by atoms with van der Waals surface area (Å²) in [5, 5.41) is 0. The molecule has 10 heteroatoms. The van der Waals surface area contributed by atoms with Gasteiger partial charge in [0.1, 0.15) is 6.61 Å². The minimum atomic E-state index is -5.11. The molecule has 0 aromatic heterocycles. The molecule has 0 saturated heterocycles. The highest BCUT2D eigenvalue weighted by Crippen LogP contribution is 2.36. The number of alkyl halides is 3. The zero-order valence-electron chi connectivity index (χ0n) is 12.9. The molecule has 0 aromatic rings. The van der Waals surface area contributed by atoms with E-state index < -0.39 is 36.1 Å². The van der Waals surface area contributed by atoms with Crippen LogP contribution < -0.4 is 0 Å². The van der Waals surface area contributed by atoms with Crippen molar-refractivity contribution in [1.82, 2.24) is 0 Å². The molecular formula is C14H16BrF3O6. The zero-order chi connectivity index (χ0) is 19.0. The zero-order valence-corrected chi connectivity index (χ0v) is 14.5. The largest absolute Gasteiger partial charge is 0.490 e. The molecule has 0 heterocycles. The summed E-state index contributed by atoms with van der Waals surface area (Å²) >= 11 is 3.02. The first-order valence-electron chi connectivity index (χ1n) is 6.41. The summed E-state index contributed by atoms with van der Waals surface area (Å²) in [4.78, 5) is 34.6. The highest BCUT2D eigenvalue weighted by Gasteiger charge is 2.47. The van der Waals surface area contributed by atoms with E-state index in [1.54, 1.807) is 0 Å². The monoisotopic (exact) mass is 416 g/mol. The van der Waals surface area contributed by atoms with Gasteiger partial charge in [-0.2, -0.15) is 13.2 Å². The average molecular weight is 417 g/mol. The lowest BCUT2D eigenvalue weighted by atomic mass is 9.81. The molecule has 0 aliphatic rings. The maximum Gasteiger partial charge on any atom is 0.490 e. The van der Waals surface area contributed by atoms with Crippen LogP contribution in [0.1, 0.15) is 12.8 Å². The second-order valence-corrected chi connectivity index (χ2v) is 5.50. The lowest BCUT2D eigenvalue weighted by Gasteiger charge is -2.26. The van der Waals surface area contributed by atoms with Crippen molar-refractivity contribution in [2.45, 2.75) is 19.0 Å². The molecule has 0 radical (unpaired) electrons. The SMILES string of the molecule is C=CCC(C/C(Br)=C/COC(=O)C(F)(F)F)(C(=O)OC)C(=O)OC. The molecule has 136 valence electrons. The Morgan fingerprint density at radius 2 is 1.58 bits per heavy atom. The first-order valence-corrected chi connectivity index (χ1v) is 7.20. The number of methoxy groups -OCH3 is 2. The van der Waals surface area contributed by atoms with E-state index in [1.807, 2.05) is 0 Å². The molecular weight excluding hydrogens is 401 g/mol. The molecule has 24 heavy (non-hydrogen) atoms. The molecule has 0 rings (SSSR count). The van der Waals surface area contributed by atoms with Gasteiger partial charge in [0.05, 0.1) is 14.2 Å². The highest BCUT2D eigenvalue weighted by molar-refractivity contribution is 9.11. The van der Waals surface area contributed by atoms with Crippen LogP contribution in [0.25, 0.3) is 0 Å². The van der Waals surface area contributed by atoms with Gasteiger partial charge in [-0.3, -0.25) is 9.59 Å². The summed E-state index contributed by atoms with van der Waals surface area (Å²) in [6, 6.07) is 0. The van der Waals surface area contributed by atoms with Crippen LogP contribution in [0.15, 0.2) is 23.2 Å². The highest BCUT2D eigenvalue weighted by atomic mass is 79.9. The number of carbonyl (C=O) groups is 3. The third kappa shape index (κ3) is 5.99. The van der Waals surface area contributed by atoms with Gasteiger partial charge in [0, 0.05) is 6.42 Å². The normalized spacial score (nSPS) is 12.3. The van der Waals surface area contributed by atoms with Crippen LogP contribution in [0.2, 0.25) is 0 Å². The van der Waals surface area contributed by atoms with Crippen molar-refractivity contribution in [3.8, 4) is 0 Å². The van der Waals surface area contributed by atoms with Crippen molar-refractivity contribution in [1.29, 1.82) is 0 Å². The fourth-order valence-corrected chi connectivity index (χ4v) is 2.36. The molecule has 0 aromatic carbocycles. The molecule has 0 bridgehead atoms. The lowest BCUT2D eigenvalue weighted by Crippen LogP contribution is -2.41. The molecule has 0 spiro atoms. The number of rotatable bonds is 8. The van der Waals surface area contributed by atoms with Crippen LogP contribution >= 0.6 is 15.9 Å². The Hall–Kier alpha value is -1.84. The Kier molecular flexibility index (Phi) is 8.73. The van der Waals surface area contributed by atoms with Crippen molar-refractivity contribution in [2.75, 3.05) is 20.8 Å². The Morgan fingerprint density at radius 1 is 1.08 bits per heavy atom. The average Bonchev–Trinajstić information content (AvgIpc) is 2.51. The second kappa shape index (κ2) is 9.45. The smallest absolute Gasteiger partial charge is 0.468 e. The van der Waals surface area contributed by atoms with Gasteiger partial charge < -0.3 is 14.2 Å². The van der Waals surface area contributed by atoms with Crippen LogP contribution in [-0.2, 0) is 28.6 Å². The molecule has 0 amide bonds. The van der Waals surface area contributed by atoms with Crippen LogP contribution in [0.3, 0.4) is 0 Å². The second-order valence-electron chi connectivity index (χ2n) is 4.48. The van der Waals surface area contributed by atoms with Gasteiger partial charge in [-0.15, -0.1) is 6.58 Å². The van der Waals surface area contributed by atoms with Gasteiger partial charge in [0.25, 0.3) is 0 Å². The number of carbonyl (C=O) groups excluding carboxylic acids is 3. The van der Waals surface area contributed by atoms with Crippen LogP contribution in [0.5, 0.6) is 0 Å². The van der Waals surface area contributed by atoms with Crippen molar-refractivity contribution < 1.29 is 41.8 Å². The Morgan fingerprint density at radius 3 is 1.96 bits per heavy atom. The first-order chi connectivity index (χ1) is 11.0. The summed E-state index contributed by atoms with van der Waals surface area (Å²) in [5.74, 6) is -4.14. The van der Waals surface area contributed by atoms with Crippen LogP contribution in [-0.4, -0.2) is 44.9 Å². The number of allylic oxidation sites excluding steroid dienone is 2. The number of ether oxygens (including phenoxy) is 3. The minimum absolute atomic E-state index is 0.127. The van der Waals surface area contributed by atoms with E-state index in [4.69, 9.17) is 0 Å². The summed E-state index contributed by atoms with van der Waals surface area (Å²) in [7, 11) is 2.15. The molecule has 0 atom stereocenters. The Labute approximate surface area is 144 Å². The van der Waals surface area contributed by atoms with Crippen molar-refractivity contribution >= 4 is 33.8 Å². The number of halogens is 4. The van der Waals surface area contributed by atoms with E-state index in [0.29, 0.717) is 0 Å². The third-order valence-corrected chi connectivity index (χ3v) is 3.47. The first kappa shape index (κ1) is 22.2. The number of hydrogen-bond acceptors (Lipinski definition) is 6. The summed E-state index contributed by atoms with van der Waals surface area (Å²) in [6.45, 7) is 2.75. The molecule has 0 N–H and O–H groups in total. The van der Waals surface area contributed by atoms with E-state index >= 15 is 0 Å². The standard InChI is InChI=1S/C14H16BrF3O6/c1-4-6-13(10(19)22-2,11(20)23-3)8-9(15)5-7-24-12(21)14(16,17)18/h4-5H,1,6-8H2,2-3H3/b9-5-. The molecule has 0 unspecified atom stereocenters. The van der Waals surface area contributed by atoms with Gasteiger partial charge in [0.2, 0.25) is 0 Å². The fourth-order valence-electron chi connectivity index (χ4n) is 1.75. The topological polar surface area (TPSA) is 78.9 Å². The van der Waals surface area contributed by atoms with Crippen molar-refractivity contribution in [3.63, 3.8) is 0 Å². The molecule has 0 aliphatic carbocycles. The Balaban J connectivity index is 5.24. The lowest BCUT2D eigenvalue weighted by molar-refractivity contribution is -0.198.